The van der Waals surface area contributed by atoms with Crippen molar-refractivity contribution >= 4 is 44.6 Å². The molecule has 3 rings (SSSR count). The van der Waals surface area contributed by atoms with E-state index in [2.05, 4.69) is 15.8 Å². The number of nitrogens with zero attached hydrogens (tertiary/aromatic N) is 2. The average molecular weight is 457 g/mol. The van der Waals surface area contributed by atoms with Crippen molar-refractivity contribution in [1.29, 1.82) is 0 Å². The van der Waals surface area contributed by atoms with Crippen LogP contribution in [-0.4, -0.2) is 39.2 Å². The standard InChI is InChI=1S/C19H22ClFN4O4S/c1-4-29-24-19(26)13-10-22-18(20)9-15(13)23-16-8-14(21)12(11-5-6-11)7-17(16)25(2)30(3,27)28/h7-11H,4-6H2,1-3H3,(H,22,23)(H,24,26). The van der Waals surface area contributed by atoms with Crippen molar-refractivity contribution in [2.75, 3.05) is 29.5 Å². The molecule has 30 heavy (non-hydrogen) atoms. The van der Waals surface area contributed by atoms with Gasteiger partial charge in [-0.15, -0.1) is 0 Å². The van der Waals surface area contributed by atoms with Crippen LogP contribution in [0.1, 0.15) is 41.6 Å². The number of hydrogen-bond donors (Lipinski definition) is 2. The molecule has 0 aliphatic heterocycles. The van der Waals surface area contributed by atoms with Gasteiger partial charge in [0.15, 0.2) is 0 Å². The van der Waals surface area contributed by atoms with Gasteiger partial charge in [-0.3, -0.25) is 13.9 Å². The first-order chi connectivity index (χ1) is 14.1. The molecule has 0 radical (unpaired) electrons. The van der Waals surface area contributed by atoms with Crippen LogP contribution >= 0.6 is 11.6 Å². The molecule has 0 atom stereocenters. The van der Waals surface area contributed by atoms with Crippen LogP contribution in [0.3, 0.4) is 0 Å². The van der Waals surface area contributed by atoms with Crippen molar-refractivity contribution in [3.05, 3.63) is 46.5 Å². The van der Waals surface area contributed by atoms with Crippen LogP contribution in [0.15, 0.2) is 24.4 Å². The van der Waals surface area contributed by atoms with Gasteiger partial charge in [-0.1, -0.05) is 11.6 Å². The van der Waals surface area contributed by atoms with Crippen molar-refractivity contribution in [2.45, 2.75) is 25.7 Å². The number of anilines is 3. The molecule has 1 aliphatic rings. The lowest BCUT2D eigenvalue weighted by molar-refractivity contribution is 0.0365. The third-order valence-corrected chi connectivity index (χ3v) is 6.06. The highest BCUT2D eigenvalue weighted by molar-refractivity contribution is 7.92. The molecule has 1 aromatic heterocycles. The summed E-state index contributed by atoms with van der Waals surface area (Å²) in [6.45, 7) is 1.96. The Morgan fingerprint density at radius 3 is 2.63 bits per heavy atom. The summed E-state index contributed by atoms with van der Waals surface area (Å²) in [6, 6.07) is 4.14. The molecule has 0 saturated heterocycles. The van der Waals surface area contributed by atoms with Crippen molar-refractivity contribution in [3.8, 4) is 0 Å². The maximum absolute atomic E-state index is 14.7. The van der Waals surface area contributed by atoms with Crippen LogP contribution in [0, 0.1) is 5.82 Å². The molecule has 0 bridgehead atoms. The summed E-state index contributed by atoms with van der Waals surface area (Å²) in [7, 11) is -2.24. The highest BCUT2D eigenvalue weighted by Crippen LogP contribution is 2.45. The Kier molecular flexibility index (Phi) is 6.49. The Labute approximate surface area is 179 Å². The van der Waals surface area contributed by atoms with Crippen LogP contribution in [0.5, 0.6) is 0 Å². The molecule has 1 saturated carbocycles. The van der Waals surface area contributed by atoms with Crippen LogP contribution in [0.25, 0.3) is 0 Å². The van der Waals surface area contributed by atoms with Gasteiger partial charge in [-0.05, 0) is 49.4 Å². The summed E-state index contributed by atoms with van der Waals surface area (Å²) >= 11 is 5.98. The number of carbonyl (C=O) groups is 1. The predicted octanol–water partition coefficient (Wildman–Crippen LogP) is 3.57. The van der Waals surface area contributed by atoms with E-state index in [9.17, 15) is 17.6 Å². The minimum absolute atomic E-state index is 0.0775. The summed E-state index contributed by atoms with van der Waals surface area (Å²) in [5.74, 6) is -0.962. The van der Waals surface area contributed by atoms with E-state index in [0.717, 1.165) is 23.4 Å². The highest BCUT2D eigenvalue weighted by Gasteiger charge is 2.29. The molecular formula is C19H22ClFN4O4S. The van der Waals surface area contributed by atoms with Crippen LogP contribution in [-0.2, 0) is 14.9 Å². The lowest BCUT2D eigenvalue weighted by atomic mass is 10.1. The summed E-state index contributed by atoms with van der Waals surface area (Å²) < 4.78 is 40.1. The van der Waals surface area contributed by atoms with Crippen LogP contribution < -0.4 is 15.1 Å². The van der Waals surface area contributed by atoms with Gasteiger partial charge in [0.25, 0.3) is 5.91 Å². The van der Waals surface area contributed by atoms with Crippen LogP contribution in [0.4, 0.5) is 21.5 Å². The smallest absolute Gasteiger partial charge is 0.278 e. The van der Waals surface area contributed by atoms with Gasteiger partial charge in [-0.2, -0.15) is 0 Å². The number of hydroxylamine groups is 1. The number of pyridine rings is 1. The molecule has 1 aliphatic carbocycles. The first-order valence-corrected chi connectivity index (χ1v) is 11.5. The fraction of sp³-hybridized carbons (Fsp3) is 0.368. The molecule has 162 valence electrons. The second-order valence-corrected chi connectivity index (χ2v) is 9.34. The number of amides is 1. The van der Waals surface area contributed by atoms with Gasteiger partial charge < -0.3 is 5.32 Å². The Morgan fingerprint density at radius 2 is 2.03 bits per heavy atom. The van der Waals surface area contributed by atoms with Gasteiger partial charge in [0.05, 0.1) is 35.5 Å². The number of hydrogen-bond acceptors (Lipinski definition) is 6. The third kappa shape index (κ3) is 5.00. The second-order valence-electron chi connectivity index (χ2n) is 6.94. The van der Waals surface area contributed by atoms with Crippen molar-refractivity contribution in [3.63, 3.8) is 0 Å². The van der Waals surface area contributed by atoms with E-state index in [1.165, 1.54) is 31.4 Å². The molecule has 2 aromatic rings. The van der Waals surface area contributed by atoms with Crippen LogP contribution in [0.2, 0.25) is 5.15 Å². The van der Waals surface area contributed by atoms with Gasteiger partial charge >= 0.3 is 0 Å². The molecule has 0 unspecified atom stereocenters. The van der Waals surface area contributed by atoms with Gasteiger partial charge in [0.1, 0.15) is 11.0 Å². The molecular weight excluding hydrogens is 435 g/mol. The Morgan fingerprint density at radius 1 is 1.33 bits per heavy atom. The number of nitrogens with one attached hydrogen (secondary N) is 2. The first kappa shape index (κ1) is 22.3. The molecule has 0 spiro atoms. The van der Waals surface area contributed by atoms with E-state index in [-0.39, 0.29) is 40.3 Å². The number of sulfonamides is 1. The molecule has 11 heteroatoms. The molecule has 1 aromatic carbocycles. The van der Waals surface area contributed by atoms with E-state index >= 15 is 0 Å². The number of halogens is 2. The molecule has 2 N–H and O–H groups in total. The normalized spacial score (nSPS) is 13.8. The summed E-state index contributed by atoms with van der Waals surface area (Å²) in [6.07, 6.45) is 4.01. The zero-order valence-electron chi connectivity index (χ0n) is 16.7. The minimum Gasteiger partial charge on any atom is -0.353 e. The molecule has 1 fully saturated rings. The highest BCUT2D eigenvalue weighted by atomic mass is 35.5. The Balaban J connectivity index is 2.07. The quantitative estimate of drug-likeness (QED) is 0.465. The minimum atomic E-state index is -3.62. The zero-order chi connectivity index (χ0) is 22.1. The predicted molar refractivity (Wildman–Crippen MR) is 113 cm³/mol. The second kappa shape index (κ2) is 8.75. The Hall–Kier alpha value is -2.43. The monoisotopic (exact) mass is 456 g/mol. The van der Waals surface area contributed by atoms with E-state index in [1.807, 2.05) is 0 Å². The van der Waals surface area contributed by atoms with E-state index < -0.39 is 21.7 Å². The molecule has 1 heterocycles. The number of aromatic nitrogens is 1. The van der Waals surface area contributed by atoms with E-state index in [4.69, 9.17) is 16.4 Å². The third-order valence-electron chi connectivity index (χ3n) is 4.66. The fourth-order valence-electron chi connectivity index (χ4n) is 2.88. The van der Waals surface area contributed by atoms with E-state index in [0.29, 0.717) is 5.56 Å². The zero-order valence-corrected chi connectivity index (χ0v) is 18.3. The topological polar surface area (TPSA) is 101 Å². The average Bonchev–Trinajstić information content (AvgIpc) is 3.50. The maximum atomic E-state index is 14.7. The summed E-state index contributed by atoms with van der Waals surface area (Å²) in [5, 5.41) is 3.03. The van der Waals surface area contributed by atoms with Crippen molar-refractivity contribution in [2.24, 2.45) is 0 Å². The Bertz CT molecular complexity index is 1080. The number of rotatable bonds is 8. The van der Waals surface area contributed by atoms with Gasteiger partial charge in [0, 0.05) is 13.2 Å². The van der Waals surface area contributed by atoms with E-state index in [1.54, 1.807) is 6.92 Å². The van der Waals surface area contributed by atoms with Gasteiger partial charge in [0.2, 0.25) is 10.0 Å². The largest absolute Gasteiger partial charge is 0.353 e. The number of carbonyl (C=O) groups excluding carboxylic acids is 1. The maximum Gasteiger partial charge on any atom is 0.278 e. The lowest BCUT2D eigenvalue weighted by Crippen LogP contribution is -2.26. The molecule has 8 nitrogen and oxygen atoms in total. The lowest BCUT2D eigenvalue weighted by Gasteiger charge is -2.23. The van der Waals surface area contributed by atoms with Crippen molar-refractivity contribution in [1.82, 2.24) is 10.5 Å². The molecule has 1 amide bonds. The first-order valence-electron chi connectivity index (χ1n) is 9.23. The van der Waals surface area contributed by atoms with Crippen molar-refractivity contribution < 1.29 is 22.4 Å². The number of benzene rings is 1. The SMILES string of the molecule is CCONC(=O)c1cnc(Cl)cc1Nc1cc(F)c(C2CC2)cc1N(C)S(C)(=O)=O. The fourth-order valence-corrected chi connectivity index (χ4v) is 3.54. The van der Waals surface area contributed by atoms with Gasteiger partial charge in [-0.25, -0.2) is 23.3 Å². The summed E-state index contributed by atoms with van der Waals surface area (Å²) in [4.78, 5) is 21.2. The summed E-state index contributed by atoms with van der Waals surface area (Å²) in [5.41, 5.74) is 3.45.